The number of imidazole rings is 2. The molecule has 0 spiro atoms. The third-order valence-electron chi connectivity index (χ3n) is 11.9. The minimum Gasteiger partial charge on any atom is -0.333 e. The number of hydrogen-bond acceptors (Lipinski definition) is 2. The molecule has 4 nitrogen and oxygen atoms in total. The number of aromatic nitrogens is 4. The first-order valence-electron chi connectivity index (χ1n) is 21.3. The summed E-state index contributed by atoms with van der Waals surface area (Å²) in [6.07, 6.45) is 6.17. The van der Waals surface area contributed by atoms with Crippen LogP contribution in [-0.2, 0) is 32.9 Å². The molecule has 10 aromatic rings. The van der Waals surface area contributed by atoms with Crippen molar-refractivity contribution in [1.29, 1.82) is 0 Å². The molecule has 0 saturated carbocycles. The minimum absolute atomic E-state index is 0. The maximum atomic E-state index is 4.90. The van der Waals surface area contributed by atoms with E-state index in [1.807, 2.05) is 18.5 Å². The molecule has 0 aliphatic rings. The van der Waals surface area contributed by atoms with Crippen molar-refractivity contribution in [2.45, 2.75) is 96.9 Å². The van der Waals surface area contributed by atoms with E-state index < -0.39 is 0 Å². The van der Waals surface area contributed by atoms with Crippen LogP contribution in [0.3, 0.4) is 0 Å². The van der Waals surface area contributed by atoms with Gasteiger partial charge >= 0.3 is 0 Å². The van der Waals surface area contributed by atoms with Crippen LogP contribution in [0.25, 0.3) is 77.2 Å². The van der Waals surface area contributed by atoms with Gasteiger partial charge in [0.15, 0.2) is 0 Å². The van der Waals surface area contributed by atoms with Gasteiger partial charge in [-0.1, -0.05) is 141 Å². The van der Waals surface area contributed by atoms with Gasteiger partial charge in [0, 0.05) is 53.7 Å². The predicted octanol–water partition coefficient (Wildman–Crippen LogP) is 16.1. The van der Waals surface area contributed by atoms with E-state index in [9.17, 15) is 0 Å². The van der Waals surface area contributed by atoms with Crippen molar-refractivity contribution >= 4 is 54.6 Å². The third-order valence-corrected chi connectivity index (χ3v) is 11.9. The van der Waals surface area contributed by atoms with Crippen LogP contribution in [0.4, 0.5) is 0 Å². The molecule has 0 saturated heterocycles. The van der Waals surface area contributed by atoms with Crippen molar-refractivity contribution in [2.24, 2.45) is 10.8 Å². The predicted molar refractivity (Wildman–Crippen MR) is 269 cm³/mol. The Balaban J connectivity index is 0.000000200. The third kappa shape index (κ3) is 8.71. The van der Waals surface area contributed by atoms with Crippen molar-refractivity contribution in [3.63, 3.8) is 0 Å². The van der Waals surface area contributed by atoms with Gasteiger partial charge in [0.2, 0.25) is 0 Å². The largest absolute Gasteiger partial charge is 0.333 e. The molecule has 4 aromatic heterocycles. The molecule has 0 fully saturated rings. The summed E-state index contributed by atoms with van der Waals surface area (Å²) in [4.78, 5) is 9.77. The molecule has 0 aliphatic carbocycles. The molecule has 0 N–H and O–H groups in total. The Bertz CT molecular complexity index is 3020. The van der Waals surface area contributed by atoms with E-state index in [4.69, 9.17) is 9.97 Å². The second-order valence-corrected chi connectivity index (χ2v) is 19.3. The Kier molecular flexibility index (Phi) is 13.3. The molecule has 5 heteroatoms. The average Bonchev–Trinajstić information content (AvgIpc) is 3.83. The van der Waals surface area contributed by atoms with Crippen LogP contribution in [0.15, 0.2) is 128 Å². The average molecular weight is 1010 g/mol. The van der Waals surface area contributed by atoms with Crippen molar-refractivity contribution < 1.29 is 20.1 Å². The molecule has 63 heavy (non-hydrogen) atoms. The summed E-state index contributed by atoms with van der Waals surface area (Å²) >= 11 is 0. The first-order valence-corrected chi connectivity index (χ1v) is 21.3. The Hall–Kier alpha value is -5.61. The fraction of sp³-hybridized carbons (Fsp3) is 0.276. The molecule has 0 unspecified atom stereocenters. The zero-order chi connectivity index (χ0) is 42.1. The standard InChI is InChI=1S/C28H28N2.C28H27N2.2CH4.Ir/c2*1-18-9-8-10-19(2)26(18)25-17-29-27-22-12-7-6-11-21(22)23-15-20(16-28(3,4)5)13-14-24(23)30(25)27;;;/h6-15,17H,16H2,1-5H3;6-11,13-15,17H,16H2,1-5H3;2*1H4;/q;-1;;;. The summed E-state index contributed by atoms with van der Waals surface area (Å²) in [5.41, 5.74) is 17.6. The van der Waals surface area contributed by atoms with Crippen molar-refractivity contribution in [3.8, 4) is 22.5 Å². The van der Waals surface area contributed by atoms with Gasteiger partial charge in [-0.05, 0) is 114 Å². The Morgan fingerprint density at radius 2 is 0.905 bits per heavy atom. The van der Waals surface area contributed by atoms with Crippen molar-refractivity contribution in [2.75, 3.05) is 0 Å². The van der Waals surface area contributed by atoms with Crippen LogP contribution in [0.2, 0.25) is 0 Å². The SMILES string of the molecule is C.C.Cc1cccc(C)c1-c1cnc2c3[c-]cccc3c3cc(CC(C)(C)C)ccc3n12.Cc1cccc(C)c1-c1cnc2c3ccccc3c3cc(CC(C)(C)C)ccc3n12.[Ir]. The summed E-state index contributed by atoms with van der Waals surface area (Å²) in [5, 5.41) is 7.33. The van der Waals surface area contributed by atoms with Crippen LogP contribution in [0, 0.1) is 44.6 Å². The van der Waals surface area contributed by atoms with E-state index in [2.05, 4.69) is 193 Å². The number of benzene rings is 6. The molecule has 4 heterocycles. The number of fused-ring (bicyclic) bond motifs is 12. The molecular formula is C58H63IrN4-. The van der Waals surface area contributed by atoms with Crippen LogP contribution >= 0.6 is 0 Å². The van der Waals surface area contributed by atoms with Crippen LogP contribution < -0.4 is 0 Å². The minimum atomic E-state index is 0. The van der Waals surface area contributed by atoms with Gasteiger partial charge in [0.1, 0.15) is 5.65 Å². The first kappa shape index (κ1) is 46.9. The molecule has 6 aromatic carbocycles. The van der Waals surface area contributed by atoms with Crippen molar-refractivity contribution in [1.82, 2.24) is 18.8 Å². The Labute approximate surface area is 388 Å². The molecule has 0 aliphatic heterocycles. The Morgan fingerprint density at radius 1 is 0.476 bits per heavy atom. The van der Waals surface area contributed by atoms with Gasteiger partial charge in [-0.15, -0.1) is 29.7 Å². The summed E-state index contributed by atoms with van der Waals surface area (Å²) in [6, 6.07) is 45.2. The summed E-state index contributed by atoms with van der Waals surface area (Å²) in [7, 11) is 0. The molecule has 10 rings (SSSR count). The maximum Gasteiger partial charge on any atom is 0.145 e. The van der Waals surface area contributed by atoms with Gasteiger partial charge in [-0.25, -0.2) is 4.98 Å². The fourth-order valence-electron chi connectivity index (χ4n) is 9.54. The Morgan fingerprint density at radius 3 is 1.40 bits per heavy atom. The van der Waals surface area contributed by atoms with Gasteiger partial charge < -0.3 is 4.40 Å². The number of hydrogen-bond donors (Lipinski definition) is 0. The van der Waals surface area contributed by atoms with E-state index in [1.165, 1.54) is 88.2 Å². The molecule has 0 amide bonds. The summed E-state index contributed by atoms with van der Waals surface area (Å²) < 4.78 is 4.68. The smallest absolute Gasteiger partial charge is 0.145 e. The zero-order valence-electron chi connectivity index (χ0n) is 37.2. The van der Waals surface area contributed by atoms with E-state index in [-0.39, 0.29) is 45.8 Å². The normalized spacial score (nSPS) is 11.7. The van der Waals surface area contributed by atoms with Crippen LogP contribution in [0.1, 0.15) is 89.8 Å². The number of aryl methyl sites for hydroxylation is 4. The van der Waals surface area contributed by atoms with Gasteiger partial charge in [-0.3, -0.25) is 9.38 Å². The second kappa shape index (κ2) is 17.9. The van der Waals surface area contributed by atoms with Gasteiger partial charge in [0.05, 0.1) is 28.7 Å². The van der Waals surface area contributed by atoms with Gasteiger partial charge in [0.25, 0.3) is 0 Å². The quantitative estimate of drug-likeness (QED) is 0.130. The second-order valence-electron chi connectivity index (χ2n) is 19.3. The molecule has 0 atom stereocenters. The van der Waals surface area contributed by atoms with Crippen LogP contribution in [0.5, 0.6) is 0 Å². The maximum absolute atomic E-state index is 4.90. The van der Waals surface area contributed by atoms with E-state index in [1.54, 1.807) is 0 Å². The topological polar surface area (TPSA) is 34.6 Å². The number of pyridine rings is 2. The van der Waals surface area contributed by atoms with E-state index >= 15 is 0 Å². The molecule has 0 bridgehead atoms. The fourth-order valence-corrected chi connectivity index (χ4v) is 9.54. The van der Waals surface area contributed by atoms with E-state index in [0.29, 0.717) is 0 Å². The number of nitrogens with zero attached hydrogens (tertiary/aromatic N) is 4. The molecular weight excluding hydrogens is 945 g/mol. The van der Waals surface area contributed by atoms with Crippen molar-refractivity contribution in [3.05, 3.63) is 167 Å². The van der Waals surface area contributed by atoms with Gasteiger partial charge in [-0.2, -0.15) is 0 Å². The summed E-state index contributed by atoms with van der Waals surface area (Å²) in [5.74, 6) is 0. The van der Waals surface area contributed by atoms with Crippen LogP contribution in [-0.4, -0.2) is 18.8 Å². The zero-order valence-corrected chi connectivity index (χ0v) is 39.6. The van der Waals surface area contributed by atoms with E-state index in [0.717, 1.165) is 35.2 Å². The number of rotatable bonds is 4. The first-order chi connectivity index (χ1) is 28.7. The summed E-state index contributed by atoms with van der Waals surface area (Å²) in [6.45, 7) is 22.5. The monoisotopic (exact) mass is 1010 g/mol. The molecule has 1 radical (unpaired) electrons. The molecule has 325 valence electrons.